The van der Waals surface area contributed by atoms with Crippen LogP contribution in [0.1, 0.15) is 44.9 Å². The van der Waals surface area contributed by atoms with Gasteiger partial charge in [0.2, 0.25) is 0 Å². The Kier molecular flexibility index (Phi) is 4.13. The average Bonchev–Trinajstić information content (AvgIpc) is 2.68. The highest BCUT2D eigenvalue weighted by molar-refractivity contribution is 5.70. The van der Waals surface area contributed by atoms with E-state index in [1.165, 1.54) is 0 Å². The summed E-state index contributed by atoms with van der Waals surface area (Å²) in [4.78, 5) is 12.1. The summed E-state index contributed by atoms with van der Waals surface area (Å²) in [6.07, 6.45) is 1.37. The zero-order chi connectivity index (χ0) is 17.8. The van der Waals surface area contributed by atoms with E-state index in [2.05, 4.69) is 10.7 Å². The van der Waals surface area contributed by atoms with E-state index < -0.39 is 37.1 Å². The van der Waals surface area contributed by atoms with E-state index in [-0.39, 0.29) is 12.0 Å². The first-order valence-corrected chi connectivity index (χ1v) is 9.05. The molecule has 1 amide bonds. The number of rotatable bonds is 4. The number of alkyl halides is 3. The molecule has 4 aliphatic rings. The molecule has 4 rings (SSSR count). The molecule has 2 N–H and O–H groups in total. The van der Waals surface area contributed by atoms with Crippen molar-refractivity contribution in [1.82, 2.24) is 15.8 Å². The minimum Gasteiger partial charge on any atom is -0.445 e. The summed E-state index contributed by atoms with van der Waals surface area (Å²) in [5, 5.41) is 4.63. The number of nitrogens with one attached hydrogen (secondary N) is 2. The van der Waals surface area contributed by atoms with Gasteiger partial charge in [-0.25, -0.2) is 23.0 Å². The molecule has 3 saturated carbocycles. The molecular weight excluding hydrogens is 335 g/mol. The number of carbonyl (C=O) groups excluding carboxylic acids is 1. The lowest BCUT2D eigenvalue weighted by Gasteiger charge is -2.41. The van der Waals surface area contributed by atoms with Crippen molar-refractivity contribution >= 4 is 6.09 Å². The second kappa shape index (κ2) is 6.07. The van der Waals surface area contributed by atoms with E-state index >= 15 is 0 Å². The van der Waals surface area contributed by atoms with Gasteiger partial charge in [-0.3, -0.25) is 5.32 Å². The molecule has 0 saturated heterocycles. The lowest BCUT2D eigenvalue weighted by Crippen LogP contribution is -2.47. The van der Waals surface area contributed by atoms with Gasteiger partial charge in [-0.05, 0) is 43.1 Å². The molecule has 0 radical (unpaired) electrons. The van der Waals surface area contributed by atoms with Crippen LogP contribution in [0.25, 0.3) is 0 Å². The fourth-order valence-corrected chi connectivity index (χ4v) is 4.32. The Morgan fingerprint density at radius 2 is 2.00 bits per heavy atom. The molecule has 0 bridgehead atoms. The summed E-state index contributed by atoms with van der Waals surface area (Å²) in [5.74, 6) is -1.51. The van der Waals surface area contributed by atoms with Crippen molar-refractivity contribution in [3.05, 3.63) is 11.4 Å². The normalized spacial score (nSPS) is 35.4. The SMILES string of the molecule is CN1NC(NC(=O)OC2CC(F)(F)C2)=C(C2CCC2)C1C1CC(F)C1. The van der Waals surface area contributed by atoms with Crippen LogP contribution in [0.15, 0.2) is 11.4 Å². The first-order chi connectivity index (χ1) is 11.8. The number of ether oxygens (including phenoxy) is 1. The summed E-state index contributed by atoms with van der Waals surface area (Å²) < 4.78 is 44.1. The molecule has 1 unspecified atom stereocenters. The van der Waals surface area contributed by atoms with Crippen molar-refractivity contribution in [3.63, 3.8) is 0 Å². The molecule has 25 heavy (non-hydrogen) atoms. The number of halogens is 3. The van der Waals surface area contributed by atoms with Gasteiger partial charge >= 0.3 is 6.09 Å². The Morgan fingerprint density at radius 1 is 1.32 bits per heavy atom. The molecule has 5 nitrogen and oxygen atoms in total. The van der Waals surface area contributed by atoms with Gasteiger partial charge in [-0.15, -0.1) is 0 Å². The van der Waals surface area contributed by atoms with Crippen LogP contribution in [0, 0.1) is 11.8 Å². The number of carbonyl (C=O) groups is 1. The predicted octanol–water partition coefficient (Wildman–Crippen LogP) is 3.09. The number of hydrazine groups is 1. The van der Waals surface area contributed by atoms with Crippen molar-refractivity contribution in [3.8, 4) is 0 Å². The molecule has 3 fully saturated rings. The minimum absolute atomic E-state index is 0.0700. The van der Waals surface area contributed by atoms with E-state index in [1.54, 1.807) is 0 Å². The maximum absolute atomic E-state index is 13.3. The lowest BCUT2D eigenvalue weighted by molar-refractivity contribution is -0.144. The zero-order valence-electron chi connectivity index (χ0n) is 14.2. The molecule has 0 aromatic heterocycles. The number of alkyl carbamates (subject to hydrolysis) is 1. The van der Waals surface area contributed by atoms with Gasteiger partial charge in [0.15, 0.2) is 0 Å². The van der Waals surface area contributed by atoms with Crippen molar-refractivity contribution in [1.29, 1.82) is 0 Å². The molecule has 140 valence electrons. The standard InChI is InChI=1S/C17H24F3N3O2/c1-23-14(10-5-11(18)6-10)13(9-3-2-4-9)15(22-23)21-16(24)25-12-7-17(19,20)8-12/h9-12,14,22H,2-8H2,1H3,(H,21,24). The molecule has 3 aliphatic carbocycles. The number of likely N-dealkylation sites (N-methyl/N-ethyl adjacent to an activating group) is 1. The summed E-state index contributed by atoms with van der Waals surface area (Å²) in [7, 11) is 1.89. The molecule has 0 aromatic rings. The molecule has 8 heteroatoms. The monoisotopic (exact) mass is 359 g/mol. The fourth-order valence-electron chi connectivity index (χ4n) is 4.32. The Bertz CT molecular complexity index is 580. The van der Waals surface area contributed by atoms with Crippen LogP contribution in [0.3, 0.4) is 0 Å². The second-order valence-electron chi connectivity index (χ2n) is 7.87. The summed E-state index contributed by atoms with van der Waals surface area (Å²) >= 11 is 0. The quantitative estimate of drug-likeness (QED) is 0.810. The van der Waals surface area contributed by atoms with Gasteiger partial charge in [-0.1, -0.05) is 6.42 Å². The third-order valence-corrected chi connectivity index (χ3v) is 5.97. The van der Waals surface area contributed by atoms with E-state index in [9.17, 15) is 18.0 Å². The molecule has 0 aromatic carbocycles. The smallest absolute Gasteiger partial charge is 0.413 e. The Balaban J connectivity index is 1.43. The van der Waals surface area contributed by atoms with Gasteiger partial charge in [0.05, 0.1) is 6.04 Å². The van der Waals surface area contributed by atoms with Crippen molar-refractivity contribution in [2.24, 2.45) is 11.8 Å². The van der Waals surface area contributed by atoms with E-state index in [0.29, 0.717) is 24.6 Å². The summed E-state index contributed by atoms with van der Waals surface area (Å²) in [6.45, 7) is 0. The number of hydrogen-bond acceptors (Lipinski definition) is 4. The highest BCUT2D eigenvalue weighted by atomic mass is 19.3. The van der Waals surface area contributed by atoms with Crippen LogP contribution in [-0.2, 0) is 4.74 Å². The highest BCUT2D eigenvalue weighted by Crippen LogP contribution is 2.46. The van der Waals surface area contributed by atoms with Gasteiger partial charge < -0.3 is 10.2 Å². The highest BCUT2D eigenvalue weighted by Gasteiger charge is 2.49. The molecular formula is C17H24F3N3O2. The Hall–Kier alpha value is -1.44. The molecule has 0 spiro atoms. The minimum atomic E-state index is -2.72. The third kappa shape index (κ3) is 3.20. The van der Waals surface area contributed by atoms with Crippen LogP contribution >= 0.6 is 0 Å². The topological polar surface area (TPSA) is 53.6 Å². The maximum atomic E-state index is 13.3. The molecule has 1 aliphatic heterocycles. The van der Waals surface area contributed by atoms with Crippen LogP contribution in [0.2, 0.25) is 0 Å². The van der Waals surface area contributed by atoms with Crippen molar-refractivity contribution in [2.75, 3.05) is 7.05 Å². The van der Waals surface area contributed by atoms with Crippen molar-refractivity contribution < 1.29 is 22.7 Å². The van der Waals surface area contributed by atoms with Crippen LogP contribution < -0.4 is 10.7 Å². The van der Waals surface area contributed by atoms with E-state index in [1.807, 2.05) is 12.1 Å². The van der Waals surface area contributed by atoms with Crippen LogP contribution in [-0.4, -0.2) is 42.4 Å². The number of hydrogen-bond donors (Lipinski definition) is 2. The maximum Gasteiger partial charge on any atom is 0.413 e. The van der Waals surface area contributed by atoms with Gasteiger partial charge in [-0.2, -0.15) is 0 Å². The van der Waals surface area contributed by atoms with Crippen LogP contribution in [0.4, 0.5) is 18.0 Å². The lowest BCUT2D eigenvalue weighted by atomic mass is 9.69. The Labute approximate surface area is 144 Å². The zero-order valence-corrected chi connectivity index (χ0v) is 14.2. The van der Waals surface area contributed by atoms with Gasteiger partial charge in [0.1, 0.15) is 18.1 Å². The predicted molar refractivity (Wildman–Crippen MR) is 84.3 cm³/mol. The molecule has 1 heterocycles. The Morgan fingerprint density at radius 3 is 2.52 bits per heavy atom. The summed E-state index contributed by atoms with van der Waals surface area (Å²) in [5.41, 5.74) is 4.27. The first-order valence-electron chi connectivity index (χ1n) is 9.05. The third-order valence-electron chi connectivity index (χ3n) is 5.97. The molecule has 1 atom stereocenters. The number of nitrogens with zero attached hydrogens (tertiary/aromatic N) is 1. The van der Waals surface area contributed by atoms with Gasteiger partial charge in [0.25, 0.3) is 5.92 Å². The number of amides is 1. The first kappa shape index (κ1) is 17.0. The average molecular weight is 359 g/mol. The van der Waals surface area contributed by atoms with Gasteiger partial charge in [0, 0.05) is 19.9 Å². The van der Waals surface area contributed by atoms with E-state index in [0.717, 1.165) is 24.8 Å². The largest absolute Gasteiger partial charge is 0.445 e. The second-order valence-corrected chi connectivity index (χ2v) is 7.87. The fraction of sp³-hybridized carbons (Fsp3) is 0.824. The summed E-state index contributed by atoms with van der Waals surface area (Å²) in [6, 6.07) is 0.0700. The van der Waals surface area contributed by atoms with Crippen LogP contribution in [0.5, 0.6) is 0 Å². The van der Waals surface area contributed by atoms with Crippen molar-refractivity contribution in [2.45, 2.75) is 69.2 Å². The van der Waals surface area contributed by atoms with E-state index in [4.69, 9.17) is 4.74 Å².